The van der Waals surface area contributed by atoms with E-state index < -0.39 is 21.4 Å². The fourth-order valence-electron chi connectivity index (χ4n) is 3.88. The van der Waals surface area contributed by atoms with E-state index in [-0.39, 0.29) is 10.7 Å². The molecule has 0 spiro atoms. The number of rotatable bonds is 10. The van der Waals surface area contributed by atoms with Gasteiger partial charge in [-0.1, -0.05) is 48.5 Å². The number of nitrogens with one attached hydrogen (secondary N) is 1. The van der Waals surface area contributed by atoms with E-state index in [0.29, 0.717) is 30.7 Å². The molecule has 0 amide bonds. The van der Waals surface area contributed by atoms with E-state index in [4.69, 9.17) is 12.2 Å². The summed E-state index contributed by atoms with van der Waals surface area (Å²) < 4.78 is 42.7. The number of thiocarbonyl (C=S) groups is 1. The molecule has 34 heavy (non-hydrogen) atoms. The molecule has 6 nitrogen and oxygen atoms in total. The number of benzene rings is 2. The molecule has 0 saturated heterocycles. The summed E-state index contributed by atoms with van der Waals surface area (Å²) in [4.78, 5) is 6.41. The van der Waals surface area contributed by atoms with Crippen LogP contribution in [0.1, 0.15) is 36.6 Å². The van der Waals surface area contributed by atoms with Crippen LogP contribution in [-0.2, 0) is 28.7 Å². The van der Waals surface area contributed by atoms with Crippen LogP contribution < -0.4 is 5.32 Å². The van der Waals surface area contributed by atoms with Gasteiger partial charge in [0.15, 0.2) is 5.11 Å². The molecule has 0 radical (unpaired) electrons. The van der Waals surface area contributed by atoms with Gasteiger partial charge in [0.2, 0.25) is 15.0 Å². The van der Waals surface area contributed by atoms with Gasteiger partial charge in [-0.2, -0.15) is 0 Å². The van der Waals surface area contributed by atoms with Crippen LogP contribution in [-0.4, -0.2) is 41.1 Å². The van der Waals surface area contributed by atoms with Gasteiger partial charge >= 0.3 is 0 Å². The molecular formula is C25H29FN4O2S2. The molecule has 1 fully saturated rings. The molecule has 180 valence electrons. The van der Waals surface area contributed by atoms with E-state index >= 15 is 0 Å². The van der Waals surface area contributed by atoms with Crippen LogP contribution in [0, 0.1) is 11.7 Å². The summed E-state index contributed by atoms with van der Waals surface area (Å²) in [5, 5.41) is 3.80. The average Bonchev–Trinajstić information content (AvgIpc) is 3.55. The predicted octanol–water partition coefficient (Wildman–Crippen LogP) is 4.15. The van der Waals surface area contributed by atoms with E-state index in [2.05, 4.69) is 15.2 Å². The number of nitrogens with zero attached hydrogens (tertiary/aromatic N) is 3. The van der Waals surface area contributed by atoms with Gasteiger partial charge in [0.05, 0.1) is 30.7 Å². The van der Waals surface area contributed by atoms with Crippen LogP contribution in [0.2, 0.25) is 0 Å². The third-order valence-corrected chi connectivity index (χ3v) is 7.79. The molecule has 1 aliphatic rings. The molecule has 2 aromatic carbocycles. The second kappa shape index (κ2) is 10.7. The first-order chi connectivity index (χ1) is 16.4. The monoisotopic (exact) mass is 500 g/mol. The van der Waals surface area contributed by atoms with Gasteiger partial charge in [-0.25, -0.2) is 17.8 Å². The molecular weight excluding hydrogens is 471 g/mol. The number of imidazole rings is 1. The van der Waals surface area contributed by atoms with Crippen molar-refractivity contribution in [3.63, 3.8) is 0 Å². The van der Waals surface area contributed by atoms with Crippen LogP contribution in [0.25, 0.3) is 0 Å². The lowest BCUT2D eigenvalue weighted by molar-refractivity contribution is 0.375. The van der Waals surface area contributed by atoms with Crippen LogP contribution in [0.5, 0.6) is 0 Å². The summed E-state index contributed by atoms with van der Waals surface area (Å²) in [5.74, 6) is -0.391. The lowest BCUT2D eigenvalue weighted by Crippen LogP contribution is -2.40. The molecule has 1 aromatic heterocycles. The zero-order valence-corrected chi connectivity index (χ0v) is 20.8. The summed E-state index contributed by atoms with van der Waals surface area (Å²) in [5.41, 5.74) is 1.82. The van der Waals surface area contributed by atoms with Gasteiger partial charge in [0.1, 0.15) is 5.82 Å². The Bertz CT molecular complexity index is 1240. The van der Waals surface area contributed by atoms with Crippen molar-refractivity contribution in [2.45, 2.75) is 43.8 Å². The molecule has 1 saturated carbocycles. The molecule has 1 N–H and O–H groups in total. The van der Waals surface area contributed by atoms with Gasteiger partial charge in [-0.15, -0.1) is 0 Å². The maximum atomic E-state index is 14.2. The summed E-state index contributed by atoms with van der Waals surface area (Å²) in [6, 6.07) is 15.6. The Kier molecular flexibility index (Phi) is 7.63. The Balaban J connectivity index is 1.69. The summed E-state index contributed by atoms with van der Waals surface area (Å²) >= 11 is 5.60. The molecule has 1 heterocycles. The maximum Gasteiger partial charge on any atom is 0.228 e. The Labute approximate surface area is 205 Å². The molecule has 4 rings (SSSR count). The number of sulfone groups is 1. The Morgan fingerprint density at radius 3 is 2.56 bits per heavy atom. The van der Waals surface area contributed by atoms with Crippen molar-refractivity contribution in [3.8, 4) is 0 Å². The van der Waals surface area contributed by atoms with Gasteiger partial charge in [-0.3, -0.25) is 0 Å². The van der Waals surface area contributed by atoms with Crippen molar-refractivity contribution in [2.24, 2.45) is 5.92 Å². The highest BCUT2D eigenvalue weighted by Crippen LogP contribution is 2.30. The second-order valence-electron chi connectivity index (χ2n) is 8.61. The molecule has 0 aliphatic heterocycles. The first-order valence-corrected chi connectivity index (χ1v) is 13.5. The molecule has 0 atom stereocenters. The number of hydrogen-bond donors (Lipinski definition) is 1. The van der Waals surface area contributed by atoms with E-state index in [1.807, 2.05) is 37.3 Å². The number of halogens is 1. The van der Waals surface area contributed by atoms with Gasteiger partial charge in [0.25, 0.3) is 0 Å². The smallest absolute Gasteiger partial charge is 0.228 e. The Morgan fingerprint density at radius 1 is 1.18 bits per heavy atom. The minimum absolute atomic E-state index is 0.0599. The van der Waals surface area contributed by atoms with E-state index in [1.165, 1.54) is 25.0 Å². The lowest BCUT2D eigenvalue weighted by atomic mass is 10.2. The minimum atomic E-state index is -3.90. The zero-order valence-electron chi connectivity index (χ0n) is 19.2. The highest BCUT2D eigenvalue weighted by atomic mass is 32.2. The maximum absolute atomic E-state index is 14.2. The van der Waals surface area contributed by atoms with E-state index in [9.17, 15) is 12.8 Å². The number of aromatic nitrogens is 2. The quantitative estimate of drug-likeness (QED) is 0.422. The van der Waals surface area contributed by atoms with Crippen LogP contribution >= 0.6 is 12.2 Å². The number of hydrogen-bond acceptors (Lipinski definition) is 4. The average molecular weight is 501 g/mol. The molecule has 9 heteroatoms. The van der Waals surface area contributed by atoms with Crippen molar-refractivity contribution >= 4 is 27.2 Å². The SMILES string of the molecule is CCNC(=S)N(Cc1cnc(S(=O)(=O)Cc2ccccc2F)n1Cc1ccccc1)CC1CC1. The third kappa shape index (κ3) is 6.01. The fourth-order valence-corrected chi connectivity index (χ4v) is 5.66. The summed E-state index contributed by atoms with van der Waals surface area (Å²) in [7, 11) is -3.90. The van der Waals surface area contributed by atoms with Gasteiger partial charge < -0.3 is 14.8 Å². The molecule has 1 aliphatic carbocycles. The summed E-state index contributed by atoms with van der Waals surface area (Å²) in [6.45, 7) is 4.31. The van der Waals surface area contributed by atoms with Crippen molar-refractivity contribution < 1.29 is 12.8 Å². The molecule has 0 bridgehead atoms. The third-order valence-electron chi connectivity index (χ3n) is 5.81. The van der Waals surface area contributed by atoms with E-state index in [0.717, 1.165) is 17.8 Å². The lowest BCUT2D eigenvalue weighted by Gasteiger charge is -2.26. The molecule has 0 unspecified atom stereocenters. The highest BCUT2D eigenvalue weighted by molar-refractivity contribution is 7.90. The highest BCUT2D eigenvalue weighted by Gasteiger charge is 2.29. The minimum Gasteiger partial charge on any atom is -0.363 e. The molecule has 3 aromatic rings. The van der Waals surface area contributed by atoms with E-state index in [1.54, 1.807) is 22.9 Å². The van der Waals surface area contributed by atoms with Gasteiger partial charge in [-0.05, 0) is 49.5 Å². The van der Waals surface area contributed by atoms with Crippen LogP contribution in [0.15, 0.2) is 66.0 Å². The normalized spacial score (nSPS) is 13.6. The van der Waals surface area contributed by atoms with Crippen LogP contribution in [0.4, 0.5) is 4.39 Å². The van der Waals surface area contributed by atoms with Crippen molar-refractivity contribution in [1.29, 1.82) is 0 Å². The second-order valence-corrected chi connectivity index (χ2v) is 10.9. The standard InChI is InChI=1S/C25H29FN4O2S2/c1-2-27-24(33)29(15-20-12-13-20)17-22-14-28-25(30(22)16-19-8-4-3-5-9-19)34(31,32)18-21-10-6-7-11-23(21)26/h3-11,14,20H,2,12-13,15-18H2,1H3,(H,27,33). The fraction of sp³-hybridized carbons (Fsp3) is 0.360. The van der Waals surface area contributed by atoms with Crippen LogP contribution in [0.3, 0.4) is 0 Å². The van der Waals surface area contributed by atoms with Crippen molar-refractivity contribution in [1.82, 2.24) is 19.8 Å². The van der Waals surface area contributed by atoms with Crippen molar-refractivity contribution in [2.75, 3.05) is 13.1 Å². The Morgan fingerprint density at radius 2 is 1.88 bits per heavy atom. The Hall–Kier alpha value is -2.78. The topological polar surface area (TPSA) is 67.2 Å². The largest absolute Gasteiger partial charge is 0.363 e. The van der Waals surface area contributed by atoms with Gasteiger partial charge in [0, 0.05) is 18.7 Å². The summed E-state index contributed by atoms with van der Waals surface area (Å²) in [6.07, 6.45) is 3.96. The van der Waals surface area contributed by atoms with Crippen molar-refractivity contribution in [3.05, 3.63) is 83.4 Å². The zero-order chi connectivity index (χ0) is 24.1. The first kappa shape index (κ1) is 24.3. The predicted molar refractivity (Wildman–Crippen MR) is 134 cm³/mol. The first-order valence-electron chi connectivity index (χ1n) is 11.4.